The lowest BCUT2D eigenvalue weighted by Crippen LogP contribution is -2.23. The molecule has 2 aromatic heterocycles. The molecule has 176 valence electrons. The first kappa shape index (κ1) is 23.5. The number of aromatic nitrogens is 3. The fraction of sp³-hybridized carbons (Fsp3) is 0.321. The van der Waals surface area contributed by atoms with Crippen LogP contribution >= 0.6 is 0 Å². The Bertz CT molecular complexity index is 1250. The van der Waals surface area contributed by atoms with Gasteiger partial charge < -0.3 is 14.1 Å². The first-order valence-electron chi connectivity index (χ1n) is 11.9. The Morgan fingerprint density at radius 1 is 0.853 bits per heavy atom. The zero-order valence-corrected chi connectivity index (χ0v) is 20.6. The minimum Gasteiger partial charge on any atom is -0.488 e. The molecule has 0 radical (unpaired) electrons. The fourth-order valence-corrected chi connectivity index (χ4v) is 4.11. The molecule has 0 spiro atoms. The van der Waals surface area contributed by atoms with Crippen LogP contribution in [0.1, 0.15) is 43.2 Å². The molecule has 6 heteroatoms. The molecule has 2 heterocycles. The third kappa shape index (κ3) is 5.11. The molecule has 0 aliphatic carbocycles. The highest BCUT2D eigenvalue weighted by Gasteiger charge is 2.17. The van der Waals surface area contributed by atoms with Crippen molar-refractivity contribution in [3.05, 3.63) is 77.0 Å². The summed E-state index contributed by atoms with van der Waals surface area (Å²) in [5.41, 5.74) is 6.01. The molecule has 4 aromatic rings. The Hall–Kier alpha value is -3.67. The van der Waals surface area contributed by atoms with Crippen LogP contribution in [0.2, 0.25) is 0 Å². The first-order chi connectivity index (χ1) is 16.5. The van der Waals surface area contributed by atoms with Gasteiger partial charge in [0, 0.05) is 29.9 Å². The van der Waals surface area contributed by atoms with E-state index in [-0.39, 0.29) is 0 Å². The van der Waals surface area contributed by atoms with Gasteiger partial charge in [-0.25, -0.2) is 4.98 Å². The second-order valence-electron chi connectivity index (χ2n) is 8.35. The first-order valence-corrected chi connectivity index (χ1v) is 11.9. The van der Waals surface area contributed by atoms with Crippen LogP contribution in [0, 0.1) is 13.8 Å². The van der Waals surface area contributed by atoms with Crippen molar-refractivity contribution in [3.8, 4) is 28.7 Å². The summed E-state index contributed by atoms with van der Waals surface area (Å²) < 4.78 is 12.3. The maximum absolute atomic E-state index is 6.20. The van der Waals surface area contributed by atoms with Gasteiger partial charge in [-0.3, -0.25) is 0 Å². The lowest BCUT2D eigenvalue weighted by atomic mass is 10.0. The number of benzene rings is 2. The average molecular weight is 457 g/mol. The summed E-state index contributed by atoms with van der Waals surface area (Å²) in [4.78, 5) is 6.88. The lowest BCUT2D eigenvalue weighted by Gasteiger charge is -2.20. The second-order valence-corrected chi connectivity index (χ2v) is 8.35. The lowest BCUT2D eigenvalue weighted by molar-refractivity contribution is 0.301. The highest BCUT2D eigenvalue weighted by Crippen LogP contribution is 2.33. The van der Waals surface area contributed by atoms with Gasteiger partial charge in [-0.2, -0.15) is 0 Å². The molecular weight excluding hydrogens is 424 g/mol. The number of rotatable bonds is 9. The quantitative estimate of drug-likeness (QED) is 0.290. The van der Waals surface area contributed by atoms with Crippen molar-refractivity contribution in [1.29, 1.82) is 0 Å². The van der Waals surface area contributed by atoms with Gasteiger partial charge in [0.15, 0.2) is 0 Å². The number of anilines is 1. The summed E-state index contributed by atoms with van der Waals surface area (Å²) >= 11 is 0. The SMILES string of the molecule is CCc1cc(-c2nnc(-c3cc(C)nc(N(CC)CC)c3)o2)cc(C)c1OCc1ccccc1. The van der Waals surface area contributed by atoms with Crippen molar-refractivity contribution in [2.75, 3.05) is 18.0 Å². The number of aryl methyl sites for hydroxylation is 3. The predicted molar refractivity (Wildman–Crippen MR) is 136 cm³/mol. The van der Waals surface area contributed by atoms with E-state index in [1.54, 1.807) is 0 Å². The number of nitrogens with zero attached hydrogens (tertiary/aromatic N) is 4. The molecule has 0 saturated carbocycles. The van der Waals surface area contributed by atoms with Gasteiger partial charge in [0.05, 0.1) is 0 Å². The maximum Gasteiger partial charge on any atom is 0.248 e. The number of hydrogen-bond donors (Lipinski definition) is 0. The van der Waals surface area contributed by atoms with Crippen molar-refractivity contribution in [3.63, 3.8) is 0 Å². The van der Waals surface area contributed by atoms with E-state index in [2.05, 4.69) is 72.0 Å². The smallest absolute Gasteiger partial charge is 0.248 e. The van der Waals surface area contributed by atoms with E-state index >= 15 is 0 Å². The number of ether oxygens (including phenoxy) is 1. The highest BCUT2D eigenvalue weighted by atomic mass is 16.5. The van der Waals surface area contributed by atoms with E-state index in [1.165, 1.54) is 0 Å². The molecule has 2 aromatic carbocycles. The summed E-state index contributed by atoms with van der Waals surface area (Å²) in [5, 5.41) is 8.70. The third-order valence-electron chi connectivity index (χ3n) is 5.90. The molecule has 0 saturated heterocycles. The van der Waals surface area contributed by atoms with Crippen LogP contribution in [0.3, 0.4) is 0 Å². The van der Waals surface area contributed by atoms with E-state index in [0.717, 1.165) is 64.6 Å². The van der Waals surface area contributed by atoms with E-state index in [9.17, 15) is 0 Å². The Labute approximate surface area is 201 Å². The van der Waals surface area contributed by atoms with Gasteiger partial charge in [0.25, 0.3) is 0 Å². The standard InChI is InChI=1S/C28H32N4O2/c1-6-22-16-23(14-19(4)26(22)33-18-21-12-10-9-11-13-21)27-30-31-28(34-27)24-15-20(5)29-25(17-24)32(7-2)8-3/h9-17H,6-8,18H2,1-5H3. The molecule has 0 N–H and O–H groups in total. The van der Waals surface area contributed by atoms with Crippen molar-refractivity contribution < 1.29 is 9.15 Å². The molecule has 0 fully saturated rings. The van der Waals surface area contributed by atoms with Crippen LogP contribution in [0.15, 0.2) is 59.0 Å². The molecule has 4 rings (SSSR count). The number of hydrogen-bond acceptors (Lipinski definition) is 6. The van der Waals surface area contributed by atoms with Crippen molar-refractivity contribution in [2.24, 2.45) is 0 Å². The zero-order valence-electron chi connectivity index (χ0n) is 20.6. The van der Waals surface area contributed by atoms with Crippen LogP contribution < -0.4 is 9.64 Å². The second kappa shape index (κ2) is 10.5. The van der Waals surface area contributed by atoms with Crippen LogP contribution in [-0.2, 0) is 13.0 Å². The fourth-order valence-electron chi connectivity index (χ4n) is 4.11. The van der Waals surface area contributed by atoms with Gasteiger partial charge in [-0.05, 0) is 75.1 Å². The molecule has 34 heavy (non-hydrogen) atoms. The highest BCUT2D eigenvalue weighted by molar-refractivity contribution is 5.64. The summed E-state index contributed by atoms with van der Waals surface area (Å²) in [6.45, 7) is 12.7. The molecule has 0 atom stereocenters. The molecule has 0 unspecified atom stereocenters. The molecule has 0 bridgehead atoms. The Morgan fingerprint density at radius 3 is 2.18 bits per heavy atom. The van der Waals surface area contributed by atoms with Gasteiger partial charge in [0.1, 0.15) is 18.2 Å². The topological polar surface area (TPSA) is 64.3 Å². The minimum absolute atomic E-state index is 0.494. The maximum atomic E-state index is 6.20. The molecule has 0 amide bonds. The van der Waals surface area contributed by atoms with Gasteiger partial charge in [0.2, 0.25) is 11.8 Å². The Morgan fingerprint density at radius 2 is 1.53 bits per heavy atom. The Kier molecular flexibility index (Phi) is 7.26. The summed E-state index contributed by atoms with van der Waals surface area (Å²) in [6, 6.07) is 18.3. The van der Waals surface area contributed by atoms with Gasteiger partial charge >= 0.3 is 0 Å². The summed E-state index contributed by atoms with van der Waals surface area (Å²) in [6.07, 6.45) is 0.844. The van der Waals surface area contributed by atoms with E-state index in [4.69, 9.17) is 9.15 Å². The van der Waals surface area contributed by atoms with Crippen LogP contribution in [-0.4, -0.2) is 28.3 Å². The monoisotopic (exact) mass is 456 g/mol. The molecular formula is C28H32N4O2. The van der Waals surface area contributed by atoms with E-state index < -0.39 is 0 Å². The van der Waals surface area contributed by atoms with Crippen LogP contribution in [0.5, 0.6) is 5.75 Å². The third-order valence-corrected chi connectivity index (χ3v) is 5.90. The predicted octanol–water partition coefficient (Wildman–Crippen LogP) is 6.40. The zero-order chi connectivity index (χ0) is 24.1. The Balaban J connectivity index is 1.62. The van der Waals surface area contributed by atoms with Crippen molar-refractivity contribution in [2.45, 2.75) is 47.6 Å². The van der Waals surface area contributed by atoms with Crippen molar-refractivity contribution >= 4 is 5.82 Å². The van der Waals surface area contributed by atoms with Crippen LogP contribution in [0.4, 0.5) is 5.82 Å². The summed E-state index contributed by atoms with van der Waals surface area (Å²) in [7, 11) is 0. The average Bonchev–Trinajstić information content (AvgIpc) is 3.34. The molecule has 0 aliphatic rings. The minimum atomic E-state index is 0.494. The molecule has 6 nitrogen and oxygen atoms in total. The summed E-state index contributed by atoms with van der Waals surface area (Å²) in [5.74, 6) is 2.84. The van der Waals surface area contributed by atoms with Crippen LogP contribution in [0.25, 0.3) is 22.9 Å². The molecule has 0 aliphatic heterocycles. The van der Waals surface area contributed by atoms with E-state index in [1.807, 2.05) is 37.3 Å². The van der Waals surface area contributed by atoms with E-state index in [0.29, 0.717) is 18.4 Å². The van der Waals surface area contributed by atoms with Gasteiger partial charge in [-0.1, -0.05) is 37.3 Å². The van der Waals surface area contributed by atoms with Crippen molar-refractivity contribution in [1.82, 2.24) is 15.2 Å². The van der Waals surface area contributed by atoms with Gasteiger partial charge in [-0.15, -0.1) is 10.2 Å². The normalized spacial score (nSPS) is 11.0. The number of pyridine rings is 1. The largest absolute Gasteiger partial charge is 0.488 e.